The van der Waals surface area contributed by atoms with Crippen LogP contribution in [0.1, 0.15) is 27.8 Å². The van der Waals surface area contributed by atoms with Crippen molar-refractivity contribution in [2.45, 2.75) is 27.4 Å². The molecule has 1 saturated heterocycles. The maximum absolute atomic E-state index is 13.3. The lowest BCUT2D eigenvalue weighted by atomic mass is 10.0. The van der Waals surface area contributed by atoms with Crippen molar-refractivity contribution in [2.75, 3.05) is 4.90 Å². The van der Waals surface area contributed by atoms with Gasteiger partial charge in [0.2, 0.25) is 0 Å². The molecule has 4 rings (SSSR count). The Morgan fingerprint density at radius 3 is 2.42 bits per heavy atom. The van der Waals surface area contributed by atoms with Crippen LogP contribution in [-0.2, 0) is 16.2 Å². The van der Waals surface area contributed by atoms with Crippen molar-refractivity contribution < 1.29 is 19.1 Å². The molecule has 1 N–H and O–H groups in total. The monoisotopic (exact) mass is 440 g/mol. The summed E-state index contributed by atoms with van der Waals surface area (Å²) in [6.45, 7) is 6.04. The molecule has 0 aromatic heterocycles. The van der Waals surface area contributed by atoms with Gasteiger partial charge in [0.15, 0.2) is 0 Å². The molecule has 1 aliphatic rings. The molecule has 0 radical (unpaired) electrons. The molecule has 6 heteroatoms. The van der Waals surface area contributed by atoms with Crippen LogP contribution >= 0.6 is 0 Å². The Labute approximate surface area is 192 Å². The normalized spacial score (nSPS) is 15.1. The number of nitrogens with one attached hydrogen (secondary N) is 1. The van der Waals surface area contributed by atoms with Gasteiger partial charge in [0, 0.05) is 5.56 Å². The fourth-order valence-electron chi connectivity index (χ4n) is 3.69. The Balaban J connectivity index is 1.66. The third-order valence-corrected chi connectivity index (χ3v) is 5.40. The summed E-state index contributed by atoms with van der Waals surface area (Å²) < 4.78 is 5.99. The van der Waals surface area contributed by atoms with Crippen LogP contribution < -0.4 is 15.0 Å². The SMILES string of the molecule is Cc1cccc(COc2ccccc2/C=C2\C(=O)NC(=O)N(c3cc(C)ccc3C)C2=O)c1. The van der Waals surface area contributed by atoms with Crippen LogP contribution in [0.2, 0.25) is 0 Å². The van der Waals surface area contributed by atoms with E-state index in [-0.39, 0.29) is 5.57 Å². The largest absolute Gasteiger partial charge is 0.488 e. The molecule has 0 unspecified atom stereocenters. The molecule has 6 nitrogen and oxygen atoms in total. The minimum atomic E-state index is -0.764. The van der Waals surface area contributed by atoms with E-state index in [1.165, 1.54) is 6.08 Å². The molecule has 3 aromatic carbocycles. The number of imide groups is 2. The summed E-state index contributed by atoms with van der Waals surface area (Å²) in [4.78, 5) is 39.4. The summed E-state index contributed by atoms with van der Waals surface area (Å²) in [6, 6.07) is 19.9. The molecule has 166 valence electrons. The first-order chi connectivity index (χ1) is 15.8. The molecule has 0 saturated carbocycles. The summed E-state index contributed by atoms with van der Waals surface area (Å²) in [5, 5.41) is 2.28. The van der Waals surface area contributed by atoms with Crippen molar-refractivity contribution in [3.8, 4) is 5.75 Å². The van der Waals surface area contributed by atoms with Gasteiger partial charge in [-0.2, -0.15) is 0 Å². The Kier molecular flexibility index (Phi) is 6.09. The molecule has 3 aromatic rings. The van der Waals surface area contributed by atoms with Gasteiger partial charge in [-0.25, -0.2) is 9.69 Å². The van der Waals surface area contributed by atoms with Crippen LogP contribution in [0.25, 0.3) is 6.08 Å². The van der Waals surface area contributed by atoms with E-state index in [9.17, 15) is 14.4 Å². The number of barbiturate groups is 1. The number of ether oxygens (including phenoxy) is 1. The Morgan fingerprint density at radius 2 is 1.64 bits per heavy atom. The lowest BCUT2D eigenvalue weighted by molar-refractivity contribution is -0.122. The summed E-state index contributed by atoms with van der Waals surface area (Å²) in [5.41, 5.74) is 4.66. The molecule has 4 amide bonds. The molecule has 0 aliphatic carbocycles. The first-order valence-corrected chi connectivity index (χ1v) is 10.6. The second-order valence-electron chi connectivity index (χ2n) is 8.06. The zero-order valence-electron chi connectivity index (χ0n) is 18.7. The molecule has 0 bridgehead atoms. The maximum atomic E-state index is 13.3. The van der Waals surface area contributed by atoms with E-state index < -0.39 is 17.8 Å². The molecular weight excluding hydrogens is 416 g/mol. The van der Waals surface area contributed by atoms with Gasteiger partial charge in [0.25, 0.3) is 11.8 Å². The number of para-hydroxylation sites is 1. The van der Waals surface area contributed by atoms with Gasteiger partial charge in [-0.05, 0) is 55.7 Å². The van der Waals surface area contributed by atoms with E-state index in [4.69, 9.17) is 4.74 Å². The van der Waals surface area contributed by atoms with E-state index in [1.54, 1.807) is 24.3 Å². The fourth-order valence-corrected chi connectivity index (χ4v) is 3.69. The van der Waals surface area contributed by atoms with Gasteiger partial charge in [0.1, 0.15) is 17.9 Å². The Bertz CT molecular complexity index is 1290. The zero-order chi connectivity index (χ0) is 23.5. The van der Waals surface area contributed by atoms with Crippen molar-refractivity contribution in [3.05, 3.63) is 100 Å². The first-order valence-electron chi connectivity index (χ1n) is 10.6. The van der Waals surface area contributed by atoms with Crippen LogP contribution in [0, 0.1) is 20.8 Å². The minimum Gasteiger partial charge on any atom is -0.488 e. The molecule has 33 heavy (non-hydrogen) atoms. The summed E-state index contributed by atoms with van der Waals surface area (Å²) >= 11 is 0. The van der Waals surface area contributed by atoms with Crippen LogP contribution in [0.4, 0.5) is 10.5 Å². The number of rotatable bonds is 5. The number of urea groups is 1. The van der Waals surface area contributed by atoms with Crippen LogP contribution in [-0.4, -0.2) is 17.8 Å². The van der Waals surface area contributed by atoms with Crippen molar-refractivity contribution in [2.24, 2.45) is 0 Å². The number of anilines is 1. The van der Waals surface area contributed by atoms with Crippen LogP contribution in [0.5, 0.6) is 5.75 Å². The lowest BCUT2D eigenvalue weighted by Gasteiger charge is -2.28. The number of amides is 4. The lowest BCUT2D eigenvalue weighted by Crippen LogP contribution is -2.54. The van der Waals surface area contributed by atoms with E-state index in [1.807, 2.05) is 63.2 Å². The van der Waals surface area contributed by atoms with Crippen molar-refractivity contribution in [3.63, 3.8) is 0 Å². The zero-order valence-corrected chi connectivity index (χ0v) is 18.7. The quantitative estimate of drug-likeness (QED) is 0.454. The van der Waals surface area contributed by atoms with E-state index in [0.717, 1.165) is 27.2 Å². The van der Waals surface area contributed by atoms with Crippen molar-refractivity contribution >= 4 is 29.6 Å². The van der Waals surface area contributed by atoms with Crippen molar-refractivity contribution in [1.29, 1.82) is 0 Å². The predicted molar refractivity (Wildman–Crippen MR) is 127 cm³/mol. The average Bonchev–Trinajstić information content (AvgIpc) is 2.78. The number of aryl methyl sites for hydroxylation is 3. The minimum absolute atomic E-state index is 0.137. The first kappa shape index (κ1) is 22.0. The maximum Gasteiger partial charge on any atom is 0.335 e. The predicted octanol–water partition coefficient (Wildman–Crippen LogP) is 4.86. The second kappa shape index (κ2) is 9.12. The number of carbonyl (C=O) groups excluding carboxylic acids is 3. The number of carbonyl (C=O) groups is 3. The highest BCUT2D eigenvalue weighted by Gasteiger charge is 2.37. The van der Waals surface area contributed by atoms with Gasteiger partial charge < -0.3 is 4.74 Å². The van der Waals surface area contributed by atoms with E-state index in [0.29, 0.717) is 23.6 Å². The van der Waals surface area contributed by atoms with Crippen LogP contribution in [0.15, 0.2) is 72.3 Å². The average molecular weight is 440 g/mol. The van der Waals surface area contributed by atoms with E-state index in [2.05, 4.69) is 5.32 Å². The van der Waals surface area contributed by atoms with Gasteiger partial charge in [-0.1, -0.05) is 60.2 Å². The highest BCUT2D eigenvalue weighted by molar-refractivity contribution is 6.39. The Hall–Kier alpha value is -4.19. The highest BCUT2D eigenvalue weighted by atomic mass is 16.5. The fraction of sp³-hybridized carbons (Fsp3) is 0.148. The van der Waals surface area contributed by atoms with E-state index >= 15 is 0 Å². The summed E-state index contributed by atoms with van der Waals surface area (Å²) in [7, 11) is 0. The highest BCUT2D eigenvalue weighted by Crippen LogP contribution is 2.28. The molecule has 0 spiro atoms. The summed E-state index contributed by atoms with van der Waals surface area (Å²) in [5.74, 6) is -0.881. The topological polar surface area (TPSA) is 75.7 Å². The van der Waals surface area contributed by atoms with Gasteiger partial charge in [-0.15, -0.1) is 0 Å². The molecular formula is C27H24N2O4. The number of hydrogen-bond donors (Lipinski definition) is 1. The number of benzene rings is 3. The summed E-state index contributed by atoms with van der Waals surface area (Å²) in [6.07, 6.45) is 1.47. The molecule has 0 atom stereocenters. The number of nitrogens with zero attached hydrogens (tertiary/aromatic N) is 1. The van der Waals surface area contributed by atoms with Gasteiger partial charge in [0.05, 0.1) is 5.69 Å². The number of hydrogen-bond acceptors (Lipinski definition) is 4. The van der Waals surface area contributed by atoms with Gasteiger partial charge in [-0.3, -0.25) is 14.9 Å². The third kappa shape index (κ3) is 4.70. The van der Waals surface area contributed by atoms with Gasteiger partial charge >= 0.3 is 6.03 Å². The molecule has 1 heterocycles. The molecule has 1 aliphatic heterocycles. The third-order valence-electron chi connectivity index (χ3n) is 5.40. The standard InChI is InChI=1S/C27H24N2O4/c1-17-7-6-8-20(13-17)16-33-24-10-5-4-9-21(24)15-22-25(30)28-27(32)29(26(22)31)23-14-18(2)11-12-19(23)3/h4-15H,16H2,1-3H3,(H,28,30,32)/b22-15+. The van der Waals surface area contributed by atoms with Crippen LogP contribution in [0.3, 0.4) is 0 Å². The Morgan fingerprint density at radius 1 is 0.879 bits per heavy atom. The molecule has 1 fully saturated rings. The smallest absolute Gasteiger partial charge is 0.335 e. The van der Waals surface area contributed by atoms with Crippen molar-refractivity contribution in [1.82, 2.24) is 5.32 Å². The second-order valence-corrected chi connectivity index (χ2v) is 8.06.